The molecule has 1 atom stereocenters. The number of amides is 2. The van der Waals surface area contributed by atoms with Crippen LogP contribution < -0.4 is 15.4 Å². The Hall–Kier alpha value is -2.11. The van der Waals surface area contributed by atoms with Crippen molar-refractivity contribution in [2.45, 2.75) is 38.6 Å². The van der Waals surface area contributed by atoms with Crippen molar-refractivity contribution < 1.29 is 14.3 Å². The summed E-state index contributed by atoms with van der Waals surface area (Å²) in [7, 11) is 1.54. The first-order valence-electron chi connectivity index (χ1n) is 7.18. The van der Waals surface area contributed by atoms with Gasteiger partial charge in [0.25, 0.3) is 0 Å². The van der Waals surface area contributed by atoms with E-state index in [0.29, 0.717) is 11.6 Å². The molecule has 114 valence electrons. The summed E-state index contributed by atoms with van der Waals surface area (Å²) in [5.41, 5.74) is 0.592. The molecule has 1 aliphatic carbocycles. The van der Waals surface area contributed by atoms with Crippen molar-refractivity contribution >= 4 is 17.5 Å². The number of pyridine rings is 1. The van der Waals surface area contributed by atoms with E-state index in [1.165, 1.54) is 20.2 Å². The molecule has 21 heavy (non-hydrogen) atoms. The second-order valence-corrected chi connectivity index (χ2v) is 5.30. The highest BCUT2D eigenvalue weighted by atomic mass is 16.5. The molecule has 2 amide bonds. The molecule has 1 fully saturated rings. The number of aromatic nitrogens is 1. The third kappa shape index (κ3) is 4.18. The van der Waals surface area contributed by atoms with Gasteiger partial charge in [-0.15, -0.1) is 0 Å². The highest BCUT2D eigenvalue weighted by molar-refractivity contribution is 5.97. The number of anilines is 1. The Balaban J connectivity index is 2.04. The summed E-state index contributed by atoms with van der Waals surface area (Å²) in [6.45, 7) is 1.43. The van der Waals surface area contributed by atoms with Gasteiger partial charge in [0.1, 0.15) is 6.04 Å². The highest BCUT2D eigenvalue weighted by Crippen LogP contribution is 2.28. The van der Waals surface area contributed by atoms with E-state index >= 15 is 0 Å². The molecule has 2 N–H and O–H groups in total. The van der Waals surface area contributed by atoms with Crippen molar-refractivity contribution in [3.05, 3.63) is 18.3 Å². The summed E-state index contributed by atoms with van der Waals surface area (Å²) >= 11 is 0. The van der Waals surface area contributed by atoms with Gasteiger partial charge in [-0.1, -0.05) is 12.8 Å². The summed E-state index contributed by atoms with van der Waals surface area (Å²) in [6.07, 6.45) is 5.70. The van der Waals surface area contributed by atoms with Crippen LogP contribution in [0.1, 0.15) is 32.6 Å². The van der Waals surface area contributed by atoms with E-state index in [-0.39, 0.29) is 17.7 Å². The smallest absolute Gasteiger partial charge is 0.247 e. The predicted molar refractivity (Wildman–Crippen MR) is 79.0 cm³/mol. The molecule has 1 aromatic heterocycles. The molecule has 2 rings (SSSR count). The molecule has 6 nitrogen and oxygen atoms in total. The lowest BCUT2D eigenvalue weighted by Gasteiger charge is -2.23. The van der Waals surface area contributed by atoms with Crippen molar-refractivity contribution in [1.82, 2.24) is 10.3 Å². The van der Waals surface area contributed by atoms with Crippen LogP contribution in [0.15, 0.2) is 18.3 Å². The van der Waals surface area contributed by atoms with Crippen molar-refractivity contribution in [2.24, 2.45) is 5.92 Å². The number of ether oxygens (including phenoxy) is 1. The maximum atomic E-state index is 12.4. The number of nitrogens with one attached hydrogen (secondary N) is 2. The van der Waals surface area contributed by atoms with Crippen molar-refractivity contribution in [1.29, 1.82) is 0 Å². The van der Waals surface area contributed by atoms with Gasteiger partial charge in [-0.25, -0.2) is 4.98 Å². The first kappa shape index (κ1) is 15.3. The lowest BCUT2D eigenvalue weighted by Crippen LogP contribution is -2.47. The summed E-state index contributed by atoms with van der Waals surface area (Å²) in [5, 5.41) is 5.57. The van der Waals surface area contributed by atoms with E-state index in [9.17, 15) is 9.59 Å². The van der Waals surface area contributed by atoms with E-state index in [4.69, 9.17) is 4.74 Å². The van der Waals surface area contributed by atoms with E-state index < -0.39 is 6.04 Å². The third-order valence-corrected chi connectivity index (χ3v) is 3.73. The second kappa shape index (κ2) is 7.06. The van der Waals surface area contributed by atoms with Gasteiger partial charge in [0.2, 0.25) is 17.7 Å². The SMILES string of the molecule is COc1ccc(NC(=O)[C@@H](NC(C)=O)C2CCCC2)cn1. The van der Waals surface area contributed by atoms with Crippen LogP contribution in [0.25, 0.3) is 0 Å². The molecular weight excluding hydrogens is 270 g/mol. The molecule has 0 aliphatic heterocycles. The average molecular weight is 291 g/mol. The molecule has 6 heteroatoms. The molecular formula is C15H21N3O3. The Morgan fingerprint density at radius 2 is 2.05 bits per heavy atom. The van der Waals surface area contributed by atoms with Crippen molar-refractivity contribution in [3.8, 4) is 5.88 Å². The minimum atomic E-state index is -0.480. The molecule has 0 bridgehead atoms. The number of nitrogens with zero attached hydrogens (tertiary/aromatic N) is 1. The molecule has 0 radical (unpaired) electrons. The fourth-order valence-corrected chi connectivity index (χ4v) is 2.70. The minimum absolute atomic E-state index is 0.185. The van der Waals surface area contributed by atoms with Crippen LogP contribution in [0, 0.1) is 5.92 Å². The number of methoxy groups -OCH3 is 1. The Morgan fingerprint density at radius 1 is 1.33 bits per heavy atom. The van der Waals surface area contributed by atoms with Crippen molar-refractivity contribution in [2.75, 3.05) is 12.4 Å². The lowest BCUT2D eigenvalue weighted by molar-refractivity contribution is -0.126. The van der Waals surface area contributed by atoms with Gasteiger partial charge in [-0.3, -0.25) is 9.59 Å². The number of hydrogen-bond acceptors (Lipinski definition) is 4. The van der Waals surface area contributed by atoms with Crippen LogP contribution in [0.4, 0.5) is 5.69 Å². The van der Waals surface area contributed by atoms with E-state index in [0.717, 1.165) is 25.7 Å². The van der Waals surface area contributed by atoms with Crippen LogP contribution in [0.5, 0.6) is 5.88 Å². The van der Waals surface area contributed by atoms with Gasteiger partial charge in [-0.05, 0) is 24.8 Å². The number of carbonyl (C=O) groups is 2. The van der Waals surface area contributed by atoms with Crippen LogP contribution in [-0.4, -0.2) is 29.9 Å². The zero-order valence-electron chi connectivity index (χ0n) is 12.4. The maximum absolute atomic E-state index is 12.4. The third-order valence-electron chi connectivity index (χ3n) is 3.73. The molecule has 0 aromatic carbocycles. The largest absolute Gasteiger partial charge is 0.481 e. The van der Waals surface area contributed by atoms with Gasteiger partial charge < -0.3 is 15.4 Å². The summed E-state index contributed by atoms with van der Waals surface area (Å²) in [4.78, 5) is 27.8. The zero-order valence-corrected chi connectivity index (χ0v) is 12.4. The predicted octanol–water partition coefficient (Wildman–Crippen LogP) is 1.72. The Morgan fingerprint density at radius 3 is 2.57 bits per heavy atom. The van der Waals surface area contributed by atoms with Gasteiger partial charge in [-0.2, -0.15) is 0 Å². The van der Waals surface area contributed by atoms with E-state index in [1.54, 1.807) is 12.1 Å². The monoisotopic (exact) mass is 291 g/mol. The van der Waals surface area contributed by atoms with Crippen LogP contribution in [0.2, 0.25) is 0 Å². The lowest BCUT2D eigenvalue weighted by atomic mass is 9.97. The van der Waals surface area contributed by atoms with Crippen LogP contribution in [-0.2, 0) is 9.59 Å². The van der Waals surface area contributed by atoms with Crippen LogP contribution >= 0.6 is 0 Å². The number of rotatable bonds is 5. The molecule has 1 saturated carbocycles. The topological polar surface area (TPSA) is 80.3 Å². The zero-order chi connectivity index (χ0) is 15.2. The van der Waals surface area contributed by atoms with Gasteiger partial charge in [0.05, 0.1) is 19.0 Å². The van der Waals surface area contributed by atoms with Gasteiger partial charge >= 0.3 is 0 Å². The normalized spacial score (nSPS) is 16.3. The summed E-state index contributed by atoms with van der Waals surface area (Å²) < 4.78 is 4.97. The fourth-order valence-electron chi connectivity index (χ4n) is 2.70. The molecule has 1 aliphatic rings. The second-order valence-electron chi connectivity index (χ2n) is 5.30. The quantitative estimate of drug-likeness (QED) is 0.865. The fraction of sp³-hybridized carbons (Fsp3) is 0.533. The summed E-state index contributed by atoms with van der Waals surface area (Å²) in [6, 6.07) is 2.93. The Labute approximate surface area is 124 Å². The minimum Gasteiger partial charge on any atom is -0.481 e. The number of hydrogen-bond donors (Lipinski definition) is 2. The maximum Gasteiger partial charge on any atom is 0.247 e. The van der Waals surface area contributed by atoms with Gasteiger partial charge in [0, 0.05) is 13.0 Å². The Kier molecular flexibility index (Phi) is 5.14. The molecule has 1 aromatic rings. The molecule has 1 heterocycles. The first-order chi connectivity index (χ1) is 10.1. The molecule has 0 spiro atoms. The van der Waals surface area contributed by atoms with Crippen LogP contribution in [0.3, 0.4) is 0 Å². The highest BCUT2D eigenvalue weighted by Gasteiger charge is 2.31. The molecule has 0 unspecified atom stereocenters. The van der Waals surface area contributed by atoms with Crippen molar-refractivity contribution in [3.63, 3.8) is 0 Å². The van der Waals surface area contributed by atoms with E-state index in [2.05, 4.69) is 15.6 Å². The van der Waals surface area contributed by atoms with Gasteiger partial charge in [0.15, 0.2) is 0 Å². The number of carbonyl (C=O) groups excluding carboxylic acids is 2. The average Bonchev–Trinajstić information content (AvgIpc) is 2.99. The Bertz CT molecular complexity index is 495. The standard InChI is InChI=1S/C15H21N3O3/c1-10(19)17-14(11-5-3-4-6-11)15(20)18-12-7-8-13(21-2)16-9-12/h7-9,11,14H,3-6H2,1-2H3,(H,17,19)(H,18,20)/t14-/m0/s1. The van der Waals surface area contributed by atoms with E-state index in [1.807, 2.05) is 0 Å². The first-order valence-corrected chi connectivity index (χ1v) is 7.18. The summed E-state index contributed by atoms with van der Waals surface area (Å²) in [5.74, 6) is 0.321. The molecule has 0 saturated heterocycles.